The van der Waals surface area contributed by atoms with Gasteiger partial charge in [-0.3, -0.25) is 4.79 Å². The number of nitrogens with zero attached hydrogens (tertiary/aromatic N) is 2. The van der Waals surface area contributed by atoms with Gasteiger partial charge in [0.15, 0.2) is 6.61 Å². The largest absolute Gasteiger partial charge is 0.485 e. The maximum Gasteiger partial charge on any atom is 0.246 e. The van der Waals surface area contributed by atoms with Gasteiger partial charge in [0, 0.05) is 0 Å². The number of rotatable bonds is 7. The molecule has 0 fully saturated rings. The van der Waals surface area contributed by atoms with Crippen LogP contribution in [0.1, 0.15) is 25.6 Å². The van der Waals surface area contributed by atoms with E-state index in [2.05, 4.69) is 15.5 Å². The molecule has 1 atom stereocenters. The fraction of sp³-hybridized carbons (Fsp3) is 0.400. The van der Waals surface area contributed by atoms with E-state index in [0.29, 0.717) is 11.6 Å². The van der Waals surface area contributed by atoms with Crippen LogP contribution < -0.4 is 15.8 Å². The van der Waals surface area contributed by atoms with E-state index in [-0.39, 0.29) is 36.7 Å². The van der Waals surface area contributed by atoms with Crippen molar-refractivity contribution in [2.75, 3.05) is 0 Å². The Morgan fingerprint density at radius 1 is 1.39 bits per heavy atom. The minimum atomic E-state index is -0.584. The van der Waals surface area contributed by atoms with Gasteiger partial charge in [-0.1, -0.05) is 19.0 Å². The first kappa shape index (κ1) is 16.9. The van der Waals surface area contributed by atoms with Crippen molar-refractivity contribution in [1.29, 1.82) is 0 Å². The summed E-state index contributed by atoms with van der Waals surface area (Å²) >= 11 is 0. The van der Waals surface area contributed by atoms with E-state index in [1.807, 2.05) is 13.8 Å². The summed E-state index contributed by atoms with van der Waals surface area (Å²) in [5.41, 5.74) is 5.73. The molecule has 2 rings (SSSR count). The molecule has 0 aliphatic carbocycles. The van der Waals surface area contributed by atoms with Gasteiger partial charge in [-0.2, -0.15) is 4.98 Å². The topological polar surface area (TPSA) is 103 Å². The van der Waals surface area contributed by atoms with Crippen LogP contribution in [0.3, 0.4) is 0 Å². The molecule has 23 heavy (non-hydrogen) atoms. The molecular weight excluding hydrogens is 303 g/mol. The highest BCUT2D eigenvalue weighted by Crippen LogP contribution is 2.12. The Morgan fingerprint density at radius 2 is 2.09 bits per heavy atom. The average molecular weight is 322 g/mol. The van der Waals surface area contributed by atoms with E-state index >= 15 is 0 Å². The van der Waals surface area contributed by atoms with Crippen LogP contribution >= 0.6 is 0 Å². The molecule has 1 aromatic heterocycles. The number of hydrogen-bond acceptors (Lipinski definition) is 6. The lowest BCUT2D eigenvalue weighted by Crippen LogP contribution is -2.43. The molecule has 0 saturated heterocycles. The molecule has 0 spiro atoms. The molecule has 0 radical (unpaired) electrons. The first-order chi connectivity index (χ1) is 11.0. The van der Waals surface area contributed by atoms with Gasteiger partial charge in [0.1, 0.15) is 11.6 Å². The van der Waals surface area contributed by atoms with Crippen molar-refractivity contribution >= 4 is 5.91 Å². The van der Waals surface area contributed by atoms with Crippen LogP contribution in [0.4, 0.5) is 4.39 Å². The van der Waals surface area contributed by atoms with Crippen LogP contribution in [0.15, 0.2) is 28.8 Å². The molecule has 0 aliphatic rings. The van der Waals surface area contributed by atoms with Crippen LogP contribution in [0.2, 0.25) is 0 Å². The Balaban J connectivity index is 1.81. The third kappa shape index (κ3) is 5.03. The lowest BCUT2D eigenvalue weighted by Gasteiger charge is -2.14. The number of aromatic nitrogens is 2. The Morgan fingerprint density at radius 3 is 2.74 bits per heavy atom. The van der Waals surface area contributed by atoms with Gasteiger partial charge < -0.3 is 20.3 Å². The Hall–Kier alpha value is -2.48. The number of amides is 1. The zero-order valence-electron chi connectivity index (χ0n) is 13.0. The van der Waals surface area contributed by atoms with Crippen LogP contribution in [0.25, 0.3) is 0 Å². The molecule has 0 aliphatic heterocycles. The fourth-order valence-electron chi connectivity index (χ4n) is 1.68. The SMILES string of the molecule is CC(C)[C@H](N)C(=O)NCc1nc(COc2ccc(F)cc2)no1. The maximum absolute atomic E-state index is 12.8. The highest BCUT2D eigenvalue weighted by Gasteiger charge is 2.17. The van der Waals surface area contributed by atoms with E-state index in [9.17, 15) is 9.18 Å². The minimum Gasteiger partial charge on any atom is -0.485 e. The predicted octanol–water partition coefficient (Wildman–Crippen LogP) is 1.39. The van der Waals surface area contributed by atoms with Crippen molar-refractivity contribution in [3.8, 4) is 5.75 Å². The number of benzene rings is 1. The fourth-order valence-corrected chi connectivity index (χ4v) is 1.68. The molecule has 1 amide bonds. The molecule has 7 nitrogen and oxygen atoms in total. The molecule has 0 bridgehead atoms. The quantitative estimate of drug-likeness (QED) is 0.798. The number of carbonyl (C=O) groups is 1. The van der Waals surface area contributed by atoms with Crippen molar-refractivity contribution in [3.05, 3.63) is 41.8 Å². The van der Waals surface area contributed by atoms with Crippen LogP contribution in [0.5, 0.6) is 5.75 Å². The highest BCUT2D eigenvalue weighted by molar-refractivity contribution is 5.81. The predicted molar refractivity (Wildman–Crippen MR) is 79.7 cm³/mol. The summed E-state index contributed by atoms with van der Waals surface area (Å²) in [7, 11) is 0. The molecule has 3 N–H and O–H groups in total. The lowest BCUT2D eigenvalue weighted by molar-refractivity contribution is -0.123. The summed E-state index contributed by atoms with van der Waals surface area (Å²) in [5.74, 6) is 0.502. The van der Waals surface area contributed by atoms with Gasteiger partial charge in [0.2, 0.25) is 17.6 Å². The Kier molecular flexibility index (Phi) is 5.64. The Labute approximate surface area is 133 Å². The van der Waals surface area contributed by atoms with Crippen LogP contribution in [0, 0.1) is 11.7 Å². The molecule has 1 aromatic carbocycles. The van der Waals surface area contributed by atoms with E-state index in [0.717, 1.165) is 0 Å². The molecule has 0 saturated carbocycles. The van der Waals surface area contributed by atoms with E-state index in [4.69, 9.17) is 15.0 Å². The number of ether oxygens (including phenoxy) is 1. The molecular formula is C15H19FN4O3. The van der Waals surface area contributed by atoms with Crippen molar-refractivity contribution in [2.24, 2.45) is 11.7 Å². The summed E-state index contributed by atoms with van der Waals surface area (Å²) in [5, 5.41) is 6.37. The smallest absolute Gasteiger partial charge is 0.246 e. The summed E-state index contributed by atoms with van der Waals surface area (Å²) in [6, 6.07) is 5.02. The second-order valence-corrected chi connectivity index (χ2v) is 5.33. The average Bonchev–Trinajstić information content (AvgIpc) is 2.99. The minimum absolute atomic E-state index is 0.0392. The van der Waals surface area contributed by atoms with E-state index < -0.39 is 6.04 Å². The number of nitrogens with one attached hydrogen (secondary N) is 1. The van der Waals surface area contributed by atoms with Gasteiger partial charge in [-0.15, -0.1) is 0 Å². The summed E-state index contributed by atoms with van der Waals surface area (Å²) in [6.45, 7) is 3.90. The van der Waals surface area contributed by atoms with Crippen molar-refractivity contribution in [1.82, 2.24) is 15.5 Å². The molecule has 2 aromatic rings. The zero-order valence-corrected chi connectivity index (χ0v) is 13.0. The standard InChI is InChI=1S/C15H19FN4O3/c1-9(2)14(17)15(21)18-7-13-19-12(20-23-13)8-22-11-5-3-10(16)4-6-11/h3-6,9,14H,7-8,17H2,1-2H3,(H,18,21)/t14-/m0/s1. The zero-order chi connectivity index (χ0) is 16.8. The number of hydrogen-bond donors (Lipinski definition) is 2. The van der Waals surface area contributed by atoms with Crippen molar-refractivity contribution < 1.29 is 18.4 Å². The third-order valence-corrected chi connectivity index (χ3v) is 3.13. The van der Waals surface area contributed by atoms with Crippen LogP contribution in [-0.2, 0) is 17.9 Å². The summed E-state index contributed by atoms with van der Waals surface area (Å²) in [4.78, 5) is 15.8. The van der Waals surface area contributed by atoms with Gasteiger partial charge in [-0.05, 0) is 30.2 Å². The van der Waals surface area contributed by atoms with E-state index in [1.54, 1.807) is 0 Å². The van der Waals surface area contributed by atoms with Crippen molar-refractivity contribution in [2.45, 2.75) is 33.0 Å². The summed E-state index contributed by atoms with van der Waals surface area (Å²) < 4.78 is 23.2. The molecule has 1 heterocycles. The molecule has 0 unspecified atom stereocenters. The normalized spacial score (nSPS) is 12.2. The number of nitrogens with two attached hydrogens (primary N) is 1. The third-order valence-electron chi connectivity index (χ3n) is 3.13. The summed E-state index contributed by atoms with van der Waals surface area (Å²) in [6.07, 6.45) is 0. The van der Waals surface area contributed by atoms with E-state index in [1.165, 1.54) is 24.3 Å². The monoisotopic (exact) mass is 322 g/mol. The Bertz CT molecular complexity index is 642. The van der Waals surface area contributed by atoms with Gasteiger partial charge in [-0.25, -0.2) is 4.39 Å². The van der Waals surface area contributed by atoms with Gasteiger partial charge >= 0.3 is 0 Å². The highest BCUT2D eigenvalue weighted by atomic mass is 19.1. The number of halogens is 1. The molecule has 124 valence electrons. The number of carbonyl (C=O) groups excluding carboxylic acids is 1. The second kappa shape index (κ2) is 7.68. The van der Waals surface area contributed by atoms with Crippen LogP contribution in [-0.4, -0.2) is 22.1 Å². The molecule has 8 heteroatoms. The van der Waals surface area contributed by atoms with Crippen molar-refractivity contribution in [3.63, 3.8) is 0 Å². The van der Waals surface area contributed by atoms with Gasteiger partial charge in [0.05, 0.1) is 12.6 Å². The maximum atomic E-state index is 12.8. The van der Waals surface area contributed by atoms with Gasteiger partial charge in [0.25, 0.3) is 0 Å². The second-order valence-electron chi connectivity index (χ2n) is 5.33. The first-order valence-corrected chi connectivity index (χ1v) is 7.19. The first-order valence-electron chi connectivity index (χ1n) is 7.19. The lowest BCUT2D eigenvalue weighted by atomic mass is 10.1.